The lowest BCUT2D eigenvalue weighted by molar-refractivity contribution is 0.170. The fourth-order valence-corrected chi connectivity index (χ4v) is 1.88. The van der Waals surface area contributed by atoms with Gasteiger partial charge in [-0.2, -0.15) is 0 Å². The van der Waals surface area contributed by atoms with Crippen molar-refractivity contribution in [3.05, 3.63) is 29.6 Å². The van der Waals surface area contributed by atoms with Gasteiger partial charge in [0.1, 0.15) is 0 Å². The summed E-state index contributed by atoms with van der Waals surface area (Å²) in [4.78, 5) is 6.88. The molecule has 0 aliphatic carbocycles. The van der Waals surface area contributed by atoms with Crippen LogP contribution in [0.25, 0.3) is 0 Å². The monoisotopic (exact) mass is 236 g/mol. The summed E-state index contributed by atoms with van der Waals surface area (Å²) in [5.74, 6) is 0. The van der Waals surface area contributed by atoms with Crippen LogP contribution in [0, 0.1) is 6.92 Å². The third kappa shape index (κ3) is 5.80. The van der Waals surface area contributed by atoms with Gasteiger partial charge >= 0.3 is 0 Å². The van der Waals surface area contributed by atoms with E-state index in [1.54, 1.807) is 0 Å². The maximum absolute atomic E-state index is 9.23. The van der Waals surface area contributed by atoms with Crippen molar-refractivity contribution in [3.8, 4) is 0 Å². The summed E-state index contributed by atoms with van der Waals surface area (Å²) in [6, 6.07) is 6.15. The Hall–Kier alpha value is -0.930. The highest BCUT2D eigenvalue weighted by Gasteiger charge is 2.05. The van der Waals surface area contributed by atoms with Crippen LogP contribution >= 0.6 is 0 Å². The summed E-state index contributed by atoms with van der Waals surface area (Å²) in [5.41, 5.74) is 2.20. The van der Waals surface area contributed by atoms with E-state index < -0.39 is 0 Å². The highest BCUT2D eigenvalue weighted by molar-refractivity contribution is 5.09. The standard InChI is InChI=1S/C14H24N2O/c1-4-16(10-6-8-13(3)17)11-14-9-5-7-12(2)15-14/h5,7,9,13,17H,4,6,8,10-11H2,1-3H3. The fraction of sp³-hybridized carbons (Fsp3) is 0.643. The highest BCUT2D eigenvalue weighted by atomic mass is 16.3. The molecule has 1 aromatic heterocycles. The third-order valence-electron chi connectivity index (χ3n) is 2.88. The Morgan fingerprint density at radius 1 is 1.41 bits per heavy atom. The molecular formula is C14H24N2O. The van der Waals surface area contributed by atoms with Gasteiger partial charge in [0, 0.05) is 12.2 Å². The number of hydrogen-bond acceptors (Lipinski definition) is 3. The smallest absolute Gasteiger partial charge is 0.0547 e. The van der Waals surface area contributed by atoms with Crippen molar-refractivity contribution < 1.29 is 5.11 Å². The van der Waals surface area contributed by atoms with Crippen molar-refractivity contribution in [2.75, 3.05) is 13.1 Å². The van der Waals surface area contributed by atoms with E-state index >= 15 is 0 Å². The molecule has 0 saturated carbocycles. The van der Waals surface area contributed by atoms with Crippen LogP contribution in [0.3, 0.4) is 0 Å². The zero-order chi connectivity index (χ0) is 12.7. The van der Waals surface area contributed by atoms with Crippen LogP contribution in [-0.2, 0) is 6.54 Å². The molecule has 0 bridgehead atoms. The molecule has 1 atom stereocenters. The number of aryl methyl sites for hydroxylation is 1. The third-order valence-corrected chi connectivity index (χ3v) is 2.88. The summed E-state index contributed by atoms with van der Waals surface area (Å²) in [6.07, 6.45) is 1.72. The van der Waals surface area contributed by atoms with Crippen LogP contribution in [0.1, 0.15) is 38.1 Å². The number of aromatic nitrogens is 1. The van der Waals surface area contributed by atoms with Gasteiger partial charge in [0.25, 0.3) is 0 Å². The van der Waals surface area contributed by atoms with Crippen LogP contribution in [0.5, 0.6) is 0 Å². The lowest BCUT2D eigenvalue weighted by Crippen LogP contribution is -2.25. The van der Waals surface area contributed by atoms with Gasteiger partial charge in [0.2, 0.25) is 0 Å². The van der Waals surface area contributed by atoms with Crippen LogP contribution in [-0.4, -0.2) is 34.2 Å². The van der Waals surface area contributed by atoms with E-state index in [0.717, 1.165) is 43.9 Å². The van der Waals surface area contributed by atoms with E-state index in [1.165, 1.54) is 0 Å². The van der Waals surface area contributed by atoms with Crippen molar-refractivity contribution in [2.24, 2.45) is 0 Å². The molecule has 1 unspecified atom stereocenters. The maximum atomic E-state index is 9.23. The predicted octanol–water partition coefficient (Wildman–Crippen LogP) is 2.37. The van der Waals surface area contributed by atoms with Crippen LogP contribution in [0.2, 0.25) is 0 Å². The average molecular weight is 236 g/mol. The van der Waals surface area contributed by atoms with E-state index in [2.05, 4.69) is 28.9 Å². The van der Waals surface area contributed by atoms with Gasteiger partial charge in [0.05, 0.1) is 11.8 Å². The minimum absolute atomic E-state index is 0.189. The second-order valence-electron chi connectivity index (χ2n) is 4.63. The van der Waals surface area contributed by atoms with E-state index in [4.69, 9.17) is 0 Å². The van der Waals surface area contributed by atoms with Crippen LogP contribution in [0.15, 0.2) is 18.2 Å². The summed E-state index contributed by atoms with van der Waals surface area (Å²) in [6.45, 7) is 8.98. The number of hydrogen-bond donors (Lipinski definition) is 1. The van der Waals surface area contributed by atoms with E-state index in [-0.39, 0.29) is 6.10 Å². The van der Waals surface area contributed by atoms with Gasteiger partial charge in [-0.3, -0.25) is 9.88 Å². The minimum atomic E-state index is -0.189. The first-order chi connectivity index (χ1) is 8.11. The Balaban J connectivity index is 2.41. The molecule has 96 valence electrons. The molecule has 0 saturated heterocycles. The number of nitrogens with zero attached hydrogens (tertiary/aromatic N) is 2. The number of aliphatic hydroxyl groups excluding tert-OH is 1. The molecule has 1 heterocycles. The predicted molar refractivity (Wildman–Crippen MR) is 70.8 cm³/mol. The number of aliphatic hydroxyl groups is 1. The maximum Gasteiger partial charge on any atom is 0.0547 e. The van der Waals surface area contributed by atoms with Gasteiger partial charge in [-0.05, 0) is 51.9 Å². The minimum Gasteiger partial charge on any atom is -0.393 e. The lowest BCUT2D eigenvalue weighted by Gasteiger charge is -2.20. The SMILES string of the molecule is CCN(CCCC(C)O)Cc1cccc(C)n1. The molecule has 0 aliphatic rings. The van der Waals surface area contributed by atoms with E-state index in [9.17, 15) is 5.11 Å². The highest BCUT2D eigenvalue weighted by Crippen LogP contribution is 2.05. The van der Waals surface area contributed by atoms with Crippen LogP contribution in [0.4, 0.5) is 0 Å². The zero-order valence-electron chi connectivity index (χ0n) is 11.2. The Morgan fingerprint density at radius 2 is 2.18 bits per heavy atom. The van der Waals surface area contributed by atoms with Gasteiger partial charge in [-0.25, -0.2) is 0 Å². The first kappa shape index (κ1) is 14.1. The average Bonchev–Trinajstić information content (AvgIpc) is 2.27. The Bertz CT molecular complexity index is 326. The molecule has 3 nitrogen and oxygen atoms in total. The molecule has 3 heteroatoms. The molecule has 0 aliphatic heterocycles. The van der Waals surface area contributed by atoms with Crippen LogP contribution < -0.4 is 0 Å². The van der Waals surface area contributed by atoms with Crippen molar-refractivity contribution in [1.82, 2.24) is 9.88 Å². The van der Waals surface area contributed by atoms with Crippen molar-refractivity contribution in [2.45, 2.75) is 46.3 Å². The molecular weight excluding hydrogens is 212 g/mol. The number of rotatable bonds is 7. The lowest BCUT2D eigenvalue weighted by atomic mass is 10.2. The van der Waals surface area contributed by atoms with E-state index in [1.807, 2.05) is 19.9 Å². The first-order valence-corrected chi connectivity index (χ1v) is 6.44. The molecule has 0 fully saturated rings. The molecule has 17 heavy (non-hydrogen) atoms. The summed E-state index contributed by atoms with van der Waals surface area (Å²) >= 11 is 0. The fourth-order valence-electron chi connectivity index (χ4n) is 1.88. The van der Waals surface area contributed by atoms with Gasteiger partial charge in [-0.15, -0.1) is 0 Å². The van der Waals surface area contributed by atoms with E-state index in [0.29, 0.717) is 0 Å². The number of pyridine rings is 1. The van der Waals surface area contributed by atoms with Gasteiger partial charge in [0.15, 0.2) is 0 Å². The Labute approximate surface area is 104 Å². The van der Waals surface area contributed by atoms with Crippen molar-refractivity contribution in [1.29, 1.82) is 0 Å². The molecule has 1 N–H and O–H groups in total. The largest absolute Gasteiger partial charge is 0.393 e. The molecule has 0 aromatic carbocycles. The van der Waals surface area contributed by atoms with Crippen molar-refractivity contribution in [3.63, 3.8) is 0 Å². The second kappa shape index (κ2) is 7.41. The summed E-state index contributed by atoms with van der Waals surface area (Å²) in [5, 5.41) is 9.23. The quantitative estimate of drug-likeness (QED) is 0.789. The summed E-state index contributed by atoms with van der Waals surface area (Å²) < 4.78 is 0. The van der Waals surface area contributed by atoms with Gasteiger partial charge in [-0.1, -0.05) is 13.0 Å². The molecule has 0 radical (unpaired) electrons. The molecule has 1 rings (SSSR count). The first-order valence-electron chi connectivity index (χ1n) is 6.44. The second-order valence-corrected chi connectivity index (χ2v) is 4.63. The molecule has 0 spiro atoms. The normalized spacial score (nSPS) is 13.0. The topological polar surface area (TPSA) is 36.4 Å². The van der Waals surface area contributed by atoms with Crippen molar-refractivity contribution >= 4 is 0 Å². The zero-order valence-corrected chi connectivity index (χ0v) is 11.2. The molecule has 1 aromatic rings. The molecule has 0 amide bonds. The van der Waals surface area contributed by atoms with Gasteiger partial charge < -0.3 is 5.11 Å². The Morgan fingerprint density at radius 3 is 2.76 bits per heavy atom. The Kier molecular flexibility index (Phi) is 6.16. The summed E-state index contributed by atoms with van der Waals surface area (Å²) in [7, 11) is 0.